The van der Waals surface area contributed by atoms with Crippen LogP contribution in [-0.4, -0.2) is 43.8 Å². The van der Waals surface area contributed by atoms with E-state index in [0.717, 1.165) is 24.4 Å². The minimum Gasteiger partial charge on any atom is -0.493 e. The average Bonchev–Trinajstić information content (AvgIpc) is 2.47. The fourth-order valence-corrected chi connectivity index (χ4v) is 2.17. The molecule has 2 rings (SSSR count). The van der Waals surface area contributed by atoms with E-state index in [1.165, 1.54) is 0 Å². The van der Waals surface area contributed by atoms with Crippen molar-refractivity contribution in [3.05, 3.63) is 28.8 Å². The normalized spacial score (nSPS) is 15.5. The van der Waals surface area contributed by atoms with Crippen molar-refractivity contribution in [3.8, 4) is 5.75 Å². The van der Waals surface area contributed by atoms with Crippen LogP contribution in [-0.2, 0) is 11.3 Å². The van der Waals surface area contributed by atoms with E-state index in [2.05, 4.69) is 4.99 Å². The molecular formula is C14H21ClIN3O2. The molecule has 0 saturated carbocycles. The second-order valence-corrected chi connectivity index (χ2v) is 4.90. The maximum atomic E-state index is 6.00. The van der Waals surface area contributed by atoms with Gasteiger partial charge in [-0.2, -0.15) is 0 Å². The van der Waals surface area contributed by atoms with Gasteiger partial charge in [0, 0.05) is 23.7 Å². The van der Waals surface area contributed by atoms with Gasteiger partial charge in [-0.3, -0.25) is 0 Å². The number of rotatable bonds is 4. The molecule has 0 atom stereocenters. The minimum atomic E-state index is 0. The Hall–Kier alpha value is -0.730. The number of morpholine rings is 1. The number of hydrogen-bond donors (Lipinski definition) is 1. The lowest BCUT2D eigenvalue weighted by Crippen LogP contribution is -2.44. The Balaban J connectivity index is 0.00000220. The highest BCUT2D eigenvalue weighted by atomic mass is 127. The number of nitrogens with two attached hydrogens (primary N) is 1. The number of hydrogen-bond acceptors (Lipinski definition) is 3. The number of ether oxygens (including phenoxy) is 2. The smallest absolute Gasteiger partial charge is 0.191 e. The highest BCUT2D eigenvalue weighted by molar-refractivity contribution is 14.0. The van der Waals surface area contributed by atoms with Crippen molar-refractivity contribution in [2.45, 2.75) is 13.5 Å². The lowest BCUT2D eigenvalue weighted by Gasteiger charge is -2.27. The summed E-state index contributed by atoms with van der Waals surface area (Å²) in [5.41, 5.74) is 6.98. The quantitative estimate of drug-likeness (QED) is 0.457. The van der Waals surface area contributed by atoms with Gasteiger partial charge in [-0.05, 0) is 19.1 Å². The summed E-state index contributed by atoms with van der Waals surface area (Å²) in [6.07, 6.45) is 0. The molecule has 1 fully saturated rings. The highest BCUT2D eigenvalue weighted by Crippen LogP contribution is 2.24. The van der Waals surface area contributed by atoms with Crippen LogP contribution in [0.3, 0.4) is 0 Å². The van der Waals surface area contributed by atoms with Crippen LogP contribution in [0.15, 0.2) is 23.2 Å². The monoisotopic (exact) mass is 425 g/mol. The molecule has 0 amide bonds. The van der Waals surface area contributed by atoms with Gasteiger partial charge in [-0.15, -0.1) is 24.0 Å². The first kappa shape index (κ1) is 18.3. The second kappa shape index (κ2) is 9.32. The van der Waals surface area contributed by atoms with Gasteiger partial charge in [-0.25, -0.2) is 4.99 Å². The fourth-order valence-electron chi connectivity index (χ4n) is 2.01. The highest BCUT2D eigenvalue weighted by Gasteiger charge is 2.12. The SMILES string of the molecule is CCOc1cc(Cl)ccc1CN=C(N)N1CCOCC1.I. The summed E-state index contributed by atoms with van der Waals surface area (Å²) in [4.78, 5) is 6.46. The van der Waals surface area contributed by atoms with E-state index >= 15 is 0 Å². The lowest BCUT2D eigenvalue weighted by molar-refractivity contribution is 0.0674. The average molecular weight is 426 g/mol. The molecule has 7 heteroatoms. The molecule has 1 aliphatic heterocycles. The Bertz CT molecular complexity index is 479. The summed E-state index contributed by atoms with van der Waals surface area (Å²) in [5.74, 6) is 1.31. The van der Waals surface area contributed by atoms with E-state index in [9.17, 15) is 0 Å². The Morgan fingerprint density at radius 1 is 1.43 bits per heavy atom. The first-order valence-electron chi connectivity index (χ1n) is 6.74. The van der Waals surface area contributed by atoms with E-state index in [1.54, 1.807) is 6.07 Å². The predicted octanol–water partition coefficient (Wildman–Crippen LogP) is 2.50. The Morgan fingerprint density at radius 2 is 2.14 bits per heavy atom. The van der Waals surface area contributed by atoms with Gasteiger partial charge < -0.3 is 20.1 Å². The van der Waals surface area contributed by atoms with Gasteiger partial charge in [0.1, 0.15) is 5.75 Å². The molecule has 118 valence electrons. The van der Waals surface area contributed by atoms with E-state index in [-0.39, 0.29) is 24.0 Å². The lowest BCUT2D eigenvalue weighted by atomic mass is 10.2. The van der Waals surface area contributed by atoms with Crippen molar-refractivity contribution in [2.24, 2.45) is 10.7 Å². The number of benzene rings is 1. The zero-order valence-corrected chi connectivity index (χ0v) is 15.1. The van der Waals surface area contributed by atoms with Gasteiger partial charge in [-0.1, -0.05) is 17.7 Å². The molecule has 0 radical (unpaired) electrons. The Morgan fingerprint density at radius 3 is 2.81 bits per heavy atom. The zero-order valence-electron chi connectivity index (χ0n) is 12.0. The number of guanidine groups is 1. The van der Waals surface area contributed by atoms with Crippen LogP contribution in [0.25, 0.3) is 0 Å². The van der Waals surface area contributed by atoms with Crippen LogP contribution in [0.4, 0.5) is 0 Å². The summed E-state index contributed by atoms with van der Waals surface area (Å²) < 4.78 is 10.9. The topological polar surface area (TPSA) is 60.1 Å². The van der Waals surface area contributed by atoms with Crippen LogP contribution in [0, 0.1) is 0 Å². The van der Waals surface area contributed by atoms with Gasteiger partial charge in [0.2, 0.25) is 0 Å². The molecular weight excluding hydrogens is 405 g/mol. The molecule has 0 aliphatic carbocycles. The predicted molar refractivity (Wildman–Crippen MR) is 95.8 cm³/mol. The largest absolute Gasteiger partial charge is 0.493 e. The van der Waals surface area contributed by atoms with Gasteiger partial charge in [0.05, 0.1) is 26.4 Å². The maximum Gasteiger partial charge on any atom is 0.191 e. The Labute approximate surface area is 147 Å². The van der Waals surface area contributed by atoms with Gasteiger partial charge in [0.15, 0.2) is 5.96 Å². The first-order valence-corrected chi connectivity index (χ1v) is 7.12. The molecule has 5 nitrogen and oxygen atoms in total. The van der Waals surface area contributed by atoms with Crippen molar-refractivity contribution in [2.75, 3.05) is 32.9 Å². The van der Waals surface area contributed by atoms with Crippen LogP contribution < -0.4 is 10.5 Å². The number of nitrogens with zero attached hydrogens (tertiary/aromatic N) is 2. The van der Waals surface area contributed by atoms with E-state index in [4.69, 9.17) is 26.8 Å². The third-order valence-corrected chi connectivity index (χ3v) is 3.31. The summed E-state index contributed by atoms with van der Waals surface area (Å²) in [5, 5.41) is 0.655. The molecule has 1 aromatic rings. The summed E-state index contributed by atoms with van der Waals surface area (Å²) in [6, 6.07) is 5.56. The minimum absolute atomic E-state index is 0. The molecule has 0 bridgehead atoms. The van der Waals surface area contributed by atoms with Crippen molar-refractivity contribution >= 4 is 41.5 Å². The van der Waals surface area contributed by atoms with Gasteiger partial charge >= 0.3 is 0 Å². The maximum absolute atomic E-state index is 6.00. The molecule has 0 aromatic heterocycles. The second-order valence-electron chi connectivity index (χ2n) is 4.46. The van der Waals surface area contributed by atoms with Crippen LogP contribution in [0.1, 0.15) is 12.5 Å². The molecule has 1 aliphatic rings. The standard InChI is InChI=1S/C14H20ClN3O2.HI/c1-2-20-13-9-12(15)4-3-11(13)10-17-14(16)18-5-7-19-8-6-18;/h3-4,9H,2,5-8,10H2,1H3,(H2,16,17);1H. The number of halogens is 2. The third-order valence-electron chi connectivity index (χ3n) is 3.08. The summed E-state index contributed by atoms with van der Waals surface area (Å²) >= 11 is 5.97. The van der Waals surface area contributed by atoms with Crippen molar-refractivity contribution in [1.29, 1.82) is 0 Å². The molecule has 0 unspecified atom stereocenters. The number of aliphatic imine (C=N–C) groups is 1. The van der Waals surface area contributed by atoms with E-state index in [1.807, 2.05) is 24.0 Å². The fraction of sp³-hybridized carbons (Fsp3) is 0.500. The summed E-state index contributed by atoms with van der Waals surface area (Å²) in [7, 11) is 0. The zero-order chi connectivity index (χ0) is 14.4. The molecule has 1 aromatic carbocycles. The van der Waals surface area contributed by atoms with Gasteiger partial charge in [0.25, 0.3) is 0 Å². The summed E-state index contributed by atoms with van der Waals surface area (Å²) in [6.45, 7) is 5.98. The van der Waals surface area contributed by atoms with Crippen molar-refractivity contribution in [3.63, 3.8) is 0 Å². The van der Waals surface area contributed by atoms with E-state index < -0.39 is 0 Å². The van der Waals surface area contributed by atoms with Crippen molar-refractivity contribution < 1.29 is 9.47 Å². The van der Waals surface area contributed by atoms with E-state index in [0.29, 0.717) is 37.3 Å². The van der Waals surface area contributed by atoms with Crippen molar-refractivity contribution in [1.82, 2.24) is 4.90 Å². The third kappa shape index (κ3) is 5.52. The molecule has 1 saturated heterocycles. The van der Waals surface area contributed by atoms with Crippen LogP contribution in [0.5, 0.6) is 5.75 Å². The molecule has 21 heavy (non-hydrogen) atoms. The molecule has 2 N–H and O–H groups in total. The Kier molecular flexibility index (Phi) is 8.13. The van der Waals surface area contributed by atoms with Crippen LogP contribution >= 0.6 is 35.6 Å². The van der Waals surface area contributed by atoms with Crippen LogP contribution in [0.2, 0.25) is 5.02 Å². The first-order chi connectivity index (χ1) is 9.70. The molecule has 1 heterocycles. The molecule has 0 spiro atoms.